The van der Waals surface area contributed by atoms with Gasteiger partial charge in [0.2, 0.25) is 5.88 Å². The van der Waals surface area contributed by atoms with Crippen LogP contribution in [0.4, 0.5) is 13.2 Å². The zero-order valence-electron chi connectivity index (χ0n) is 14.0. The molecule has 1 aromatic carbocycles. The highest BCUT2D eigenvalue weighted by molar-refractivity contribution is 7.80. The van der Waals surface area contributed by atoms with Gasteiger partial charge in [0.25, 0.3) is 0 Å². The van der Waals surface area contributed by atoms with E-state index in [9.17, 15) is 13.2 Å². The number of hydrogen-bond acceptors (Lipinski definition) is 3. The molecule has 0 aliphatic heterocycles. The van der Waals surface area contributed by atoms with Crippen molar-refractivity contribution in [3.8, 4) is 11.6 Å². The summed E-state index contributed by atoms with van der Waals surface area (Å²) in [5, 5.41) is 7.12. The summed E-state index contributed by atoms with van der Waals surface area (Å²) >= 11 is 17.1. The van der Waals surface area contributed by atoms with E-state index < -0.39 is 11.7 Å². The first-order valence-electron chi connectivity index (χ1n) is 7.72. The standard InChI is InChI=1S/C16H16Cl2F3N3OS/c1-3-4-5-22-15(26)24-9(2)6-13(23-24)25-14-11(17)7-10(8-12(14)18)16(19,20)21/h6-8H,3-5H2,1-2H3,(H,22,26). The van der Waals surface area contributed by atoms with E-state index in [0.29, 0.717) is 17.4 Å². The molecule has 0 fully saturated rings. The van der Waals surface area contributed by atoms with E-state index in [2.05, 4.69) is 17.3 Å². The maximum Gasteiger partial charge on any atom is 0.416 e. The van der Waals surface area contributed by atoms with Crippen LogP contribution in [0.15, 0.2) is 18.2 Å². The van der Waals surface area contributed by atoms with E-state index in [1.807, 2.05) is 0 Å². The lowest BCUT2D eigenvalue weighted by molar-refractivity contribution is -0.137. The van der Waals surface area contributed by atoms with E-state index in [4.69, 9.17) is 40.2 Å². The number of nitrogens with zero attached hydrogens (tertiary/aromatic N) is 2. The Kier molecular flexibility index (Phi) is 6.76. The molecule has 1 heterocycles. The molecule has 1 aromatic heterocycles. The van der Waals surface area contributed by atoms with Crippen LogP contribution in [0.3, 0.4) is 0 Å². The van der Waals surface area contributed by atoms with Crippen LogP contribution in [-0.2, 0) is 6.18 Å². The molecule has 0 aliphatic carbocycles. The number of halogens is 5. The van der Waals surface area contributed by atoms with Crippen molar-refractivity contribution in [2.24, 2.45) is 0 Å². The minimum Gasteiger partial charge on any atom is -0.434 e. The lowest BCUT2D eigenvalue weighted by atomic mass is 10.2. The molecule has 0 unspecified atom stereocenters. The Balaban J connectivity index is 2.22. The summed E-state index contributed by atoms with van der Waals surface area (Å²) in [6.45, 7) is 4.54. The van der Waals surface area contributed by atoms with Crippen molar-refractivity contribution in [1.82, 2.24) is 15.1 Å². The van der Waals surface area contributed by atoms with Crippen LogP contribution < -0.4 is 10.1 Å². The SMILES string of the molecule is CCCCNC(=S)n1nc(Oc2c(Cl)cc(C(F)(F)F)cc2Cl)cc1C. The largest absolute Gasteiger partial charge is 0.434 e. The molecule has 0 radical (unpaired) electrons. The maximum absolute atomic E-state index is 12.8. The van der Waals surface area contributed by atoms with Crippen molar-refractivity contribution in [1.29, 1.82) is 0 Å². The Bertz CT molecular complexity index is 786. The lowest BCUT2D eigenvalue weighted by Gasteiger charge is -2.12. The second-order valence-corrected chi connectivity index (χ2v) is 6.69. The van der Waals surface area contributed by atoms with Gasteiger partial charge in [-0.1, -0.05) is 36.5 Å². The molecule has 0 spiro atoms. The molecular weight excluding hydrogens is 410 g/mol. The fraction of sp³-hybridized carbons (Fsp3) is 0.375. The van der Waals surface area contributed by atoms with Crippen LogP contribution in [0, 0.1) is 6.92 Å². The average molecular weight is 426 g/mol. The van der Waals surface area contributed by atoms with Crippen molar-refractivity contribution in [2.75, 3.05) is 6.54 Å². The highest BCUT2D eigenvalue weighted by Gasteiger charge is 2.32. The fourth-order valence-corrected chi connectivity index (χ4v) is 2.93. The first kappa shape index (κ1) is 20.8. The van der Waals surface area contributed by atoms with E-state index in [-0.39, 0.29) is 21.7 Å². The van der Waals surface area contributed by atoms with Crippen molar-refractivity contribution in [3.63, 3.8) is 0 Å². The molecule has 4 nitrogen and oxygen atoms in total. The van der Waals surface area contributed by atoms with E-state index in [0.717, 1.165) is 25.0 Å². The van der Waals surface area contributed by atoms with Crippen molar-refractivity contribution in [3.05, 3.63) is 39.5 Å². The first-order chi connectivity index (χ1) is 12.1. The van der Waals surface area contributed by atoms with Crippen LogP contribution in [0.1, 0.15) is 31.0 Å². The van der Waals surface area contributed by atoms with Gasteiger partial charge in [0.15, 0.2) is 10.9 Å². The third kappa shape index (κ3) is 5.02. The van der Waals surface area contributed by atoms with Crippen LogP contribution in [-0.4, -0.2) is 21.4 Å². The first-order valence-corrected chi connectivity index (χ1v) is 8.88. The third-order valence-corrected chi connectivity index (χ3v) is 4.27. The van der Waals surface area contributed by atoms with E-state index in [1.54, 1.807) is 13.0 Å². The molecule has 0 aliphatic rings. The molecule has 0 bridgehead atoms. The monoisotopic (exact) mass is 425 g/mol. The van der Waals surface area contributed by atoms with Crippen molar-refractivity contribution < 1.29 is 17.9 Å². The molecule has 0 amide bonds. The summed E-state index contributed by atoms with van der Waals surface area (Å²) in [4.78, 5) is 0. The minimum absolute atomic E-state index is 0.101. The quantitative estimate of drug-likeness (QED) is 0.482. The van der Waals surface area contributed by atoms with Crippen LogP contribution in [0.5, 0.6) is 11.6 Å². The summed E-state index contributed by atoms with van der Waals surface area (Å²) in [5.74, 6) is 0.0153. The normalized spacial score (nSPS) is 11.5. The number of nitrogens with one attached hydrogen (secondary N) is 1. The molecule has 2 rings (SSSR count). The van der Waals surface area contributed by atoms with E-state index in [1.165, 1.54) is 4.68 Å². The molecule has 26 heavy (non-hydrogen) atoms. The highest BCUT2D eigenvalue weighted by atomic mass is 35.5. The summed E-state index contributed by atoms with van der Waals surface area (Å²) in [6, 6.07) is 3.09. The Morgan fingerprint density at radius 3 is 2.42 bits per heavy atom. The number of aryl methyl sites for hydroxylation is 1. The Labute approximate surface area is 164 Å². The van der Waals surface area contributed by atoms with Gasteiger partial charge in [-0.05, 0) is 37.7 Å². The molecule has 10 heteroatoms. The number of unbranched alkanes of at least 4 members (excludes halogenated alkanes) is 1. The maximum atomic E-state index is 12.8. The van der Waals surface area contributed by atoms with Crippen LogP contribution >= 0.6 is 35.4 Å². The van der Waals surface area contributed by atoms with Gasteiger partial charge in [0, 0.05) is 18.3 Å². The predicted octanol–water partition coefficient (Wildman–Crippen LogP) is 5.83. The second kappa shape index (κ2) is 8.45. The summed E-state index contributed by atoms with van der Waals surface area (Å²) < 4.78 is 45.3. The molecule has 2 aromatic rings. The lowest BCUT2D eigenvalue weighted by Crippen LogP contribution is -2.30. The van der Waals surface area contributed by atoms with Gasteiger partial charge >= 0.3 is 6.18 Å². The summed E-state index contributed by atoms with van der Waals surface area (Å²) in [5.41, 5.74) is -0.268. The molecule has 0 saturated heterocycles. The van der Waals surface area contributed by atoms with Gasteiger partial charge in [-0.3, -0.25) is 0 Å². The summed E-state index contributed by atoms with van der Waals surface area (Å²) in [7, 11) is 0. The van der Waals surface area contributed by atoms with Crippen LogP contribution in [0.2, 0.25) is 10.0 Å². The topological polar surface area (TPSA) is 39.1 Å². The number of aromatic nitrogens is 2. The van der Waals surface area contributed by atoms with Crippen molar-refractivity contribution in [2.45, 2.75) is 32.9 Å². The Morgan fingerprint density at radius 2 is 1.88 bits per heavy atom. The zero-order valence-corrected chi connectivity index (χ0v) is 16.3. The number of ether oxygens (including phenoxy) is 1. The molecule has 1 N–H and O–H groups in total. The van der Waals surface area contributed by atoms with Gasteiger partial charge in [-0.2, -0.15) is 13.2 Å². The molecular formula is C16H16Cl2F3N3OS. The Morgan fingerprint density at radius 1 is 1.27 bits per heavy atom. The zero-order chi connectivity index (χ0) is 19.5. The molecule has 142 valence electrons. The number of thiocarbonyl (C=S) groups is 1. The van der Waals surface area contributed by atoms with E-state index >= 15 is 0 Å². The fourth-order valence-electron chi connectivity index (χ4n) is 2.07. The molecule has 0 atom stereocenters. The second-order valence-electron chi connectivity index (χ2n) is 5.49. The van der Waals surface area contributed by atoms with Crippen LogP contribution in [0.25, 0.3) is 0 Å². The Hall–Kier alpha value is -1.51. The predicted molar refractivity (Wildman–Crippen MR) is 99.4 cm³/mol. The number of benzene rings is 1. The number of hydrogen-bond donors (Lipinski definition) is 1. The average Bonchev–Trinajstić information content (AvgIpc) is 2.90. The van der Waals surface area contributed by atoms with Gasteiger partial charge in [0.1, 0.15) is 0 Å². The third-order valence-electron chi connectivity index (χ3n) is 3.40. The molecule has 0 saturated carbocycles. The van der Waals surface area contributed by atoms with Gasteiger partial charge in [0.05, 0.1) is 15.6 Å². The van der Waals surface area contributed by atoms with Gasteiger partial charge in [-0.25, -0.2) is 4.68 Å². The number of alkyl halides is 3. The summed E-state index contributed by atoms with van der Waals surface area (Å²) in [6.07, 6.45) is -2.58. The van der Waals surface area contributed by atoms with Crippen molar-refractivity contribution >= 4 is 40.5 Å². The van der Waals surface area contributed by atoms with Gasteiger partial charge in [-0.15, -0.1) is 5.10 Å². The van der Waals surface area contributed by atoms with Gasteiger partial charge < -0.3 is 10.1 Å². The smallest absolute Gasteiger partial charge is 0.416 e. The number of rotatable bonds is 5. The minimum atomic E-state index is -4.56. The highest BCUT2D eigenvalue weighted by Crippen LogP contribution is 2.41.